The molecule has 0 unspecified atom stereocenters. The Balaban J connectivity index is 2.44. The molecule has 5 nitrogen and oxygen atoms in total. The van der Waals surface area contributed by atoms with Gasteiger partial charge in [-0.15, -0.1) is 0 Å². The van der Waals surface area contributed by atoms with E-state index in [1.807, 2.05) is 0 Å². The van der Waals surface area contributed by atoms with Crippen molar-refractivity contribution in [2.45, 2.75) is 24.0 Å². The molecule has 2 aromatic carbocycles. The summed E-state index contributed by atoms with van der Waals surface area (Å²) in [6, 6.07) is 9.80. The van der Waals surface area contributed by atoms with Crippen LogP contribution in [-0.4, -0.2) is 33.1 Å². The van der Waals surface area contributed by atoms with Crippen molar-refractivity contribution in [2.75, 3.05) is 10.8 Å². The van der Waals surface area contributed by atoms with Crippen LogP contribution in [0.15, 0.2) is 59.5 Å². The Morgan fingerprint density at radius 1 is 1.07 bits per heavy atom. The van der Waals surface area contributed by atoms with Gasteiger partial charge in [0.15, 0.2) is 0 Å². The number of rotatable bonds is 6. The number of amides is 1. The normalized spacial score (nSPS) is 13.1. The van der Waals surface area contributed by atoms with Crippen molar-refractivity contribution in [3.05, 3.63) is 60.4 Å². The smallest absolute Gasteiger partial charge is 0.345 e. The first-order valence-corrected chi connectivity index (χ1v) is 9.16. The van der Waals surface area contributed by atoms with Gasteiger partial charge in [-0.3, -0.25) is 9.10 Å². The summed E-state index contributed by atoms with van der Waals surface area (Å²) in [7, 11) is -4.30. The predicted octanol–water partition coefficient (Wildman–Crippen LogP) is 3.09. The monoisotopic (exact) mass is 404 g/mol. The number of hydrogen-bond acceptors (Lipinski definition) is 3. The fourth-order valence-corrected chi connectivity index (χ4v) is 3.95. The van der Waals surface area contributed by atoms with Crippen LogP contribution in [0.1, 0.15) is 6.92 Å². The summed E-state index contributed by atoms with van der Waals surface area (Å²) in [5.41, 5.74) is -0.0603. The molecule has 1 amide bonds. The molecule has 0 aliphatic rings. The SMILES string of the molecule is C[C@@H](C(=O)NCC(F)(F)F)N(c1ccc(F)cc1)S(=O)(=O)c1ccccc1. The Hall–Kier alpha value is -2.62. The van der Waals surface area contributed by atoms with E-state index in [1.165, 1.54) is 24.3 Å². The van der Waals surface area contributed by atoms with Gasteiger partial charge in [-0.05, 0) is 43.3 Å². The highest BCUT2D eigenvalue weighted by Crippen LogP contribution is 2.26. The van der Waals surface area contributed by atoms with Gasteiger partial charge in [0, 0.05) is 0 Å². The number of carbonyl (C=O) groups is 1. The first-order valence-electron chi connectivity index (χ1n) is 7.72. The molecule has 0 heterocycles. The molecule has 27 heavy (non-hydrogen) atoms. The van der Waals surface area contributed by atoms with Gasteiger partial charge in [-0.2, -0.15) is 13.2 Å². The Morgan fingerprint density at radius 2 is 1.63 bits per heavy atom. The molecule has 1 N–H and O–H groups in total. The molecule has 1 atom stereocenters. The molecule has 0 aliphatic carbocycles. The molecule has 0 aliphatic heterocycles. The zero-order valence-electron chi connectivity index (χ0n) is 14.1. The lowest BCUT2D eigenvalue weighted by atomic mass is 10.2. The zero-order chi connectivity index (χ0) is 20.2. The van der Waals surface area contributed by atoms with Crippen molar-refractivity contribution >= 4 is 21.6 Å². The quantitative estimate of drug-likeness (QED) is 0.753. The minimum atomic E-state index is -4.64. The summed E-state index contributed by atoms with van der Waals surface area (Å²) in [5.74, 6) is -1.78. The van der Waals surface area contributed by atoms with E-state index in [-0.39, 0.29) is 10.6 Å². The topological polar surface area (TPSA) is 66.5 Å². The molecule has 0 saturated carbocycles. The van der Waals surface area contributed by atoms with Crippen LogP contribution in [0.3, 0.4) is 0 Å². The maximum atomic E-state index is 13.2. The zero-order valence-corrected chi connectivity index (χ0v) is 14.9. The maximum absolute atomic E-state index is 13.2. The van der Waals surface area contributed by atoms with E-state index in [0.717, 1.165) is 31.2 Å². The van der Waals surface area contributed by atoms with Crippen LogP contribution >= 0.6 is 0 Å². The summed E-state index contributed by atoms with van der Waals surface area (Å²) < 4.78 is 76.9. The Labute approximate surface area is 153 Å². The number of nitrogens with zero attached hydrogens (tertiary/aromatic N) is 1. The molecule has 146 valence electrons. The van der Waals surface area contributed by atoms with Crippen LogP contribution in [0.5, 0.6) is 0 Å². The van der Waals surface area contributed by atoms with Gasteiger partial charge in [0.1, 0.15) is 18.4 Å². The molecular weight excluding hydrogens is 388 g/mol. The van der Waals surface area contributed by atoms with E-state index in [2.05, 4.69) is 0 Å². The number of nitrogens with one attached hydrogen (secondary N) is 1. The van der Waals surface area contributed by atoms with Crippen LogP contribution in [0.25, 0.3) is 0 Å². The van der Waals surface area contributed by atoms with E-state index in [1.54, 1.807) is 11.4 Å². The first kappa shape index (κ1) is 20.7. The number of benzene rings is 2. The maximum Gasteiger partial charge on any atom is 0.405 e. The van der Waals surface area contributed by atoms with Crippen molar-refractivity contribution in [1.82, 2.24) is 5.32 Å². The Morgan fingerprint density at radius 3 is 2.15 bits per heavy atom. The fourth-order valence-electron chi connectivity index (χ4n) is 2.31. The second-order valence-electron chi connectivity index (χ2n) is 5.60. The summed E-state index contributed by atoms with van der Waals surface area (Å²) in [6.45, 7) is -0.450. The molecule has 0 fully saturated rings. The summed E-state index contributed by atoms with van der Waals surface area (Å²) in [6.07, 6.45) is -4.64. The van der Waals surface area contributed by atoms with Gasteiger partial charge in [0.05, 0.1) is 10.6 Å². The average Bonchev–Trinajstić information content (AvgIpc) is 2.61. The summed E-state index contributed by atoms with van der Waals surface area (Å²) in [5, 5.41) is 1.66. The molecule has 0 bridgehead atoms. The van der Waals surface area contributed by atoms with Crippen LogP contribution in [-0.2, 0) is 14.8 Å². The molecule has 2 aromatic rings. The second-order valence-corrected chi connectivity index (χ2v) is 7.41. The second kappa shape index (κ2) is 7.95. The van der Waals surface area contributed by atoms with Crippen LogP contribution in [0.2, 0.25) is 0 Å². The molecule has 0 radical (unpaired) electrons. The number of halogens is 4. The van der Waals surface area contributed by atoms with Crippen molar-refractivity contribution in [3.63, 3.8) is 0 Å². The van der Waals surface area contributed by atoms with E-state index in [9.17, 15) is 30.8 Å². The lowest BCUT2D eigenvalue weighted by Crippen LogP contribution is -2.49. The van der Waals surface area contributed by atoms with Crippen LogP contribution < -0.4 is 9.62 Å². The highest BCUT2D eigenvalue weighted by Gasteiger charge is 2.35. The number of carbonyl (C=O) groups excluding carboxylic acids is 1. The molecule has 0 spiro atoms. The largest absolute Gasteiger partial charge is 0.405 e. The van der Waals surface area contributed by atoms with E-state index in [4.69, 9.17) is 0 Å². The summed E-state index contributed by atoms with van der Waals surface area (Å²) in [4.78, 5) is 12.0. The minimum Gasteiger partial charge on any atom is -0.345 e. The number of anilines is 1. The molecule has 2 rings (SSSR count). The van der Waals surface area contributed by atoms with E-state index >= 15 is 0 Å². The number of alkyl halides is 3. The van der Waals surface area contributed by atoms with Crippen molar-refractivity contribution < 1.29 is 30.8 Å². The third kappa shape index (κ3) is 5.19. The van der Waals surface area contributed by atoms with Crippen molar-refractivity contribution in [3.8, 4) is 0 Å². The first-order chi connectivity index (χ1) is 12.5. The van der Waals surface area contributed by atoms with Crippen molar-refractivity contribution in [2.24, 2.45) is 0 Å². The summed E-state index contributed by atoms with van der Waals surface area (Å²) >= 11 is 0. The fraction of sp³-hybridized carbons (Fsp3) is 0.235. The Bertz CT molecular complexity index is 885. The predicted molar refractivity (Wildman–Crippen MR) is 91.0 cm³/mol. The van der Waals surface area contributed by atoms with Gasteiger partial charge in [0.2, 0.25) is 5.91 Å². The lowest BCUT2D eigenvalue weighted by molar-refractivity contribution is -0.138. The van der Waals surface area contributed by atoms with Crippen molar-refractivity contribution in [1.29, 1.82) is 0 Å². The average molecular weight is 404 g/mol. The third-order valence-corrected chi connectivity index (χ3v) is 5.49. The molecule has 0 aromatic heterocycles. The van der Waals surface area contributed by atoms with Gasteiger partial charge < -0.3 is 5.32 Å². The van der Waals surface area contributed by atoms with Gasteiger partial charge in [0.25, 0.3) is 10.0 Å². The highest BCUT2D eigenvalue weighted by molar-refractivity contribution is 7.92. The lowest BCUT2D eigenvalue weighted by Gasteiger charge is -2.30. The highest BCUT2D eigenvalue weighted by atomic mass is 32.2. The van der Waals surface area contributed by atoms with Gasteiger partial charge >= 0.3 is 6.18 Å². The number of hydrogen-bond donors (Lipinski definition) is 1. The van der Waals surface area contributed by atoms with Crippen LogP contribution in [0.4, 0.5) is 23.2 Å². The van der Waals surface area contributed by atoms with E-state index in [0.29, 0.717) is 4.31 Å². The number of sulfonamides is 1. The molecule has 0 saturated heterocycles. The molecular formula is C17H16F4N2O3S. The van der Waals surface area contributed by atoms with E-state index < -0.39 is 40.5 Å². The third-order valence-electron chi connectivity index (χ3n) is 3.58. The Kier molecular flexibility index (Phi) is 6.09. The van der Waals surface area contributed by atoms with Gasteiger partial charge in [-0.25, -0.2) is 12.8 Å². The minimum absolute atomic E-state index is 0.0603. The standard InChI is InChI=1S/C17H16F4N2O3S/c1-12(16(24)22-11-17(19,20)21)23(14-9-7-13(18)8-10-14)27(25,26)15-5-3-2-4-6-15/h2-10,12H,11H2,1H3,(H,22,24)/t12-/m0/s1. The van der Waals surface area contributed by atoms with Crippen LogP contribution in [0, 0.1) is 5.82 Å². The van der Waals surface area contributed by atoms with Gasteiger partial charge in [-0.1, -0.05) is 18.2 Å². The molecule has 10 heteroatoms.